The van der Waals surface area contributed by atoms with Gasteiger partial charge in [-0.25, -0.2) is 0 Å². The Balaban J connectivity index is 1.73. The summed E-state index contributed by atoms with van der Waals surface area (Å²) in [6.07, 6.45) is 0.0474. The lowest BCUT2D eigenvalue weighted by Crippen LogP contribution is -2.37. The number of alkyl halides is 3. The summed E-state index contributed by atoms with van der Waals surface area (Å²) in [5, 5.41) is 4.16. The predicted octanol–water partition coefficient (Wildman–Crippen LogP) is 3.13. The maximum atomic E-state index is 13.1. The molecule has 2 atom stereocenters. The number of rotatable bonds is 7. The van der Waals surface area contributed by atoms with Crippen LogP contribution in [0.4, 0.5) is 13.2 Å². The zero-order valence-corrected chi connectivity index (χ0v) is 16.3. The van der Waals surface area contributed by atoms with Crippen molar-refractivity contribution in [2.45, 2.75) is 25.1 Å². The summed E-state index contributed by atoms with van der Waals surface area (Å²) in [6, 6.07) is 5.20. The average molecular weight is 394 g/mol. The summed E-state index contributed by atoms with van der Waals surface area (Å²) in [4.78, 5) is 16.7. The van der Waals surface area contributed by atoms with Crippen molar-refractivity contribution in [3.05, 3.63) is 53.3 Å². The molecule has 5 nitrogen and oxygen atoms in total. The fourth-order valence-corrected chi connectivity index (χ4v) is 3.36. The van der Waals surface area contributed by atoms with Gasteiger partial charge in [0.1, 0.15) is 0 Å². The van der Waals surface area contributed by atoms with E-state index in [-0.39, 0.29) is 24.3 Å². The summed E-state index contributed by atoms with van der Waals surface area (Å²) in [5.41, 5.74) is 0.831. The van der Waals surface area contributed by atoms with Gasteiger partial charge in [0.25, 0.3) is 0 Å². The van der Waals surface area contributed by atoms with E-state index in [1.165, 1.54) is 6.07 Å². The van der Waals surface area contributed by atoms with Gasteiger partial charge in [0.05, 0.1) is 11.8 Å². The van der Waals surface area contributed by atoms with Crippen LogP contribution in [0.3, 0.4) is 0 Å². The van der Waals surface area contributed by atoms with Crippen molar-refractivity contribution in [3.63, 3.8) is 0 Å². The Morgan fingerprint density at radius 1 is 1.29 bits per heavy atom. The van der Waals surface area contributed by atoms with Crippen LogP contribution in [-0.4, -0.2) is 52.7 Å². The molecule has 0 bridgehead atoms. The third kappa shape index (κ3) is 4.92. The van der Waals surface area contributed by atoms with E-state index in [1.807, 2.05) is 32.2 Å². The number of carbonyl (C=O) groups is 1. The normalized spacial score (nSPS) is 19.1. The number of amides is 1. The molecule has 1 aliphatic rings. The third-order valence-corrected chi connectivity index (χ3v) is 5.02. The van der Waals surface area contributed by atoms with Crippen LogP contribution in [0.15, 0.2) is 36.7 Å². The van der Waals surface area contributed by atoms with Crippen LogP contribution < -0.4 is 0 Å². The Labute approximate surface area is 162 Å². The minimum Gasteiger partial charge on any atom is -0.337 e. The average Bonchev–Trinajstić information content (AvgIpc) is 3.31. The number of aryl methyl sites for hydroxylation is 1. The number of likely N-dealkylation sites (N-methyl/N-ethyl adjacent to an activating group) is 1. The SMILES string of the molecule is CN(C)CCN(Cc1cccc(C(F)(F)F)c1)C(=O)[C@@H]1C[C@H]1c1cnn(C)c1. The summed E-state index contributed by atoms with van der Waals surface area (Å²) in [7, 11) is 5.64. The minimum atomic E-state index is -4.39. The van der Waals surface area contributed by atoms with Gasteiger partial charge in [-0.05, 0) is 49.7 Å². The van der Waals surface area contributed by atoms with E-state index in [1.54, 1.807) is 21.8 Å². The molecule has 1 aromatic heterocycles. The summed E-state index contributed by atoms with van der Waals surface area (Å²) >= 11 is 0. The summed E-state index contributed by atoms with van der Waals surface area (Å²) < 4.78 is 40.7. The molecule has 0 unspecified atom stereocenters. The van der Waals surface area contributed by atoms with Crippen LogP contribution >= 0.6 is 0 Å². The van der Waals surface area contributed by atoms with Crippen molar-refractivity contribution < 1.29 is 18.0 Å². The first-order valence-corrected chi connectivity index (χ1v) is 9.23. The predicted molar refractivity (Wildman–Crippen MR) is 99.5 cm³/mol. The standard InChI is InChI=1S/C20H25F3N4O/c1-25(2)7-8-27(12-14-5-4-6-16(9-14)20(21,22)23)19(28)18-10-17(18)15-11-24-26(3)13-15/h4-6,9,11,13,17-18H,7-8,10,12H2,1-3H3/t17-,18+/m0/s1. The molecule has 0 radical (unpaired) electrons. The van der Waals surface area contributed by atoms with Crippen LogP contribution in [0.2, 0.25) is 0 Å². The van der Waals surface area contributed by atoms with Crippen molar-refractivity contribution in [1.29, 1.82) is 0 Å². The van der Waals surface area contributed by atoms with E-state index >= 15 is 0 Å². The lowest BCUT2D eigenvalue weighted by Gasteiger charge is -2.25. The van der Waals surface area contributed by atoms with E-state index in [2.05, 4.69) is 5.10 Å². The van der Waals surface area contributed by atoms with Crippen molar-refractivity contribution in [2.75, 3.05) is 27.2 Å². The van der Waals surface area contributed by atoms with Gasteiger partial charge in [-0.2, -0.15) is 18.3 Å². The lowest BCUT2D eigenvalue weighted by atomic mass is 10.1. The first kappa shape index (κ1) is 20.4. The molecule has 0 spiro atoms. The second-order valence-electron chi connectivity index (χ2n) is 7.66. The van der Waals surface area contributed by atoms with Crippen LogP contribution in [0.1, 0.15) is 29.0 Å². The quantitative estimate of drug-likeness (QED) is 0.725. The van der Waals surface area contributed by atoms with Gasteiger partial charge in [0, 0.05) is 38.8 Å². The number of nitrogens with zero attached hydrogens (tertiary/aromatic N) is 4. The molecule has 8 heteroatoms. The molecule has 28 heavy (non-hydrogen) atoms. The van der Waals surface area contributed by atoms with Crippen molar-refractivity contribution >= 4 is 5.91 Å². The van der Waals surface area contributed by atoms with Crippen molar-refractivity contribution in [2.24, 2.45) is 13.0 Å². The Morgan fingerprint density at radius 2 is 2.04 bits per heavy atom. The molecule has 152 valence electrons. The topological polar surface area (TPSA) is 41.4 Å². The van der Waals surface area contributed by atoms with Gasteiger partial charge in [-0.15, -0.1) is 0 Å². The molecule has 1 fully saturated rings. The molecule has 0 aliphatic heterocycles. The second kappa shape index (κ2) is 7.95. The first-order chi connectivity index (χ1) is 13.1. The van der Waals surface area contributed by atoms with Crippen LogP contribution in [0, 0.1) is 5.92 Å². The zero-order chi connectivity index (χ0) is 20.5. The van der Waals surface area contributed by atoms with Crippen molar-refractivity contribution in [3.8, 4) is 0 Å². The van der Waals surface area contributed by atoms with Crippen molar-refractivity contribution in [1.82, 2.24) is 19.6 Å². The van der Waals surface area contributed by atoms with E-state index in [0.29, 0.717) is 18.7 Å². The molecule has 1 aromatic carbocycles. The highest BCUT2D eigenvalue weighted by Crippen LogP contribution is 2.48. The maximum Gasteiger partial charge on any atom is 0.416 e. The fourth-order valence-electron chi connectivity index (χ4n) is 3.36. The number of halogens is 3. The highest BCUT2D eigenvalue weighted by Gasteiger charge is 2.46. The van der Waals surface area contributed by atoms with Gasteiger partial charge in [0.15, 0.2) is 0 Å². The molecular weight excluding hydrogens is 369 g/mol. The Hall–Kier alpha value is -2.35. The number of hydrogen-bond acceptors (Lipinski definition) is 3. The van der Waals surface area contributed by atoms with E-state index < -0.39 is 11.7 Å². The number of aromatic nitrogens is 2. The summed E-state index contributed by atoms with van der Waals surface area (Å²) in [5.74, 6) is 0.00911. The Kier molecular flexibility index (Phi) is 5.79. The maximum absolute atomic E-state index is 13.1. The second-order valence-corrected chi connectivity index (χ2v) is 7.66. The largest absolute Gasteiger partial charge is 0.416 e. The molecule has 0 saturated heterocycles. The van der Waals surface area contributed by atoms with Gasteiger partial charge < -0.3 is 9.80 Å². The molecular formula is C20H25F3N4O. The van der Waals surface area contributed by atoms with E-state index in [9.17, 15) is 18.0 Å². The number of hydrogen-bond donors (Lipinski definition) is 0. The molecule has 1 heterocycles. The molecule has 3 rings (SSSR count). The lowest BCUT2D eigenvalue weighted by molar-refractivity contribution is -0.137. The zero-order valence-electron chi connectivity index (χ0n) is 16.3. The summed E-state index contributed by atoms with van der Waals surface area (Å²) in [6.45, 7) is 1.29. The minimum absolute atomic E-state index is 0.00638. The van der Waals surface area contributed by atoms with Crippen LogP contribution in [-0.2, 0) is 24.6 Å². The van der Waals surface area contributed by atoms with Crippen LogP contribution in [0.25, 0.3) is 0 Å². The Bertz CT molecular complexity index is 831. The molecule has 0 N–H and O–H groups in total. The number of benzene rings is 1. The van der Waals surface area contributed by atoms with E-state index in [4.69, 9.17) is 0 Å². The van der Waals surface area contributed by atoms with E-state index in [0.717, 1.165) is 24.1 Å². The monoisotopic (exact) mass is 394 g/mol. The highest BCUT2D eigenvalue weighted by atomic mass is 19.4. The Morgan fingerprint density at radius 3 is 2.64 bits per heavy atom. The fraction of sp³-hybridized carbons (Fsp3) is 0.500. The van der Waals surface area contributed by atoms with Crippen LogP contribution in [0.5, 0.6) is 0 Å². The highest BCUT2D eigenvalue weighted by molar-refractivity contribution is 5.83. The molecule has 1 amide bonds. The van der Waals surface area contributed by atoms with Gasteiger partial charge in [-0.1, -0.05) is 12.1 Å². The van der Waals surface area contributed by atoms with Gasteiger partial charge in [-0.3, -0.25) is 9.48 Å². The smallest absolute Gasteiger partial charge is 0.337 e. The first-order valence-electron chi connectivity index (χ1n) is 9.23. The van der Waals surface area contributed by atoms with Gasteiger partial charge >= 0.3 is 6.18 Å². The molecule has 2 aromatic rings. The number of carbonyl (C=O) groups excluding carboxylic acids is 1. The van der Waals surface area contributed by atoms with Gasteiger partial charge in [0.2, 0.25) is 5.91 Å². The molecule has 1 saturated carbocycles. The third-order valence-electron chi connectivity index (χ3n) is 5.02. The molecule has 1 aliphatic carbocycles.